The maximum Gasteiger partial charge on any atom is 0.342 e. The molecule has 1 aliphatic rings. The summed E-state index contributed by atoms with van der Waals surface area (Å²) in [5.41, 5.74) is 0.967. The highest BCUT2D eigenvalue weighted by atomic mass is 28.4. The van der Waals surface area contributed by atoms with E-state index in [2.05, 4.69) is 72.9 Å². The first-order chi connectivity index (χ1) is 20.8. The van der Waals surface area contributed by atoms with Gasteiger partial charge >= 0.3 is 5.97 Å². The molecule has 8 nitrogen and oxygen atoms in total. The van der Waals surface area contributed by atoms with Crippen LogP contribution in [0.25, 0.3) is 6.08 Å². The van der Waals surface area contributed by atoms with Gasteiger partial charge in [-0.2, -0.15) is 0 Å². The maximum absolute atomic E-state index is 13.6. The average molecular weight is 651 g/mol. The highest BCUT2D eigenvalue weighted by molar-refractivity contribution is 6.74. The van der Waals surface area contributed by atoms with Crippen molar-refractivity contribution in [3.05, 3.63) is 41.5 Å². The number of benzene rings is 1. The summed E-state index contributed by atoms with van der Waals surface area (Å²) < 4.78 is 42.0. The number of esters is 1. The second kappa shape index (κ2) is 17.7. The van der Waals surface area contributed by atoms with Crippen molar-refractivity contribution in [2.45, 2.75) is 122 Å². The summed E-state index contributed by atoms with van der Waals surface area (Å²) in [5.74, 6) is 0.375. The van der Waals surface area contributed by atoms with E-state index >= 15 is 0 Å². The third-order valence-electron chi connectivity index (χ3n) is 8.94. The van der Waals surface area contributed by atoms with Gasteiger partial charge in [0.1, 0.15) is 23.2 Å². The van der Waals surface area contributed by atoms with Gasteiger partial charge in [0.25, 0.3) is 0 Å². The molecular formula is C34H58O8Si2. The lowest BCUT2D eigenvalue weighted by atomic mass is 10.0. The molecule has 1 aromatic rings. The molecule has 0 saturated carbocycles. The van der Waals surface area contributed by atoms with Gasteiger partial charge in [0.05, 0.1) is 12.2 Å². The first-order valence-corrected chi connectivity index (χ1v) is 21.5. The van der Waals surface area contributed by atoms with Crippen LogP contribution in [0.15, 0.2) is 30.4 Å². The molecule has 0 amide bonds. The van der Waals surface area contributed by atoms with Crippen LogP contribution in [0.1, 0.15) is 83.7 Å². The molecule has 1 aromatic carbocycles. The van der Waals surface area contributed by atoms with E-state index < -0.39 is 22.6 Å². The van der Waals surface area contributed by atoms with Crippen molar-refractivity contribution in [3.63, 3.8) is 0 Å². The highest BCUT2D eigenvalue weighted by Gasteiger charge is 2.42. The molecule has 0 radical (unpaired) electrons. The van der Waals surface area contributed by atoms with Crippen molar-refractivity contribution in [2.24, 2.45) is 0 Å². The maximum atomic E-state index is 13.6. The van der Waals surface area contributed by atoms with Crippen molar-refractivity contribution in [2.75, 3.05) is 27.8 Å². The van der Waals surface area contributed by atoms with E-state index in [0.29, 0.717) is 29.0 Å². The molecule has 3 atom stereocenters. The smallest absolute Gasteiger partial charge is 0.342 e. The molecule has 1 aliphatic heterocycles. The predicted molar refractivity (Wildman–Crippen MR) is 182 cm³/mol. The summed E-state index contributed by atoms with van der Waals surface area (Å²) in [6, 6.07) is 6.64. The van der Waals surface area contributed by atoms with Crippen LogP contribution in [-0.4, -0.2) is 68.7 Å². The standard InChI is InChI=1S/C34H58O8Si2/c1-12-44(13-2,14-3)42-30-21-17-18-26(4)40-33(35)32-27(22-28(38-24-36-8)23-31(32)39-25-37-9)19-15-16-20-29(30)41-43(10,11)34(5,6)7/h15,17,19,21-23,26,29-30H,12-14,16,18,20,24-25H2,1-11H3/b19-15+,21-17+/t26-,29-,30?/m0/s1. The van der Waals surface area contributed by atoms with E-state index in [1.807, 2.05) is 13.0 Å². The minimum atomic E-state index is -2.12. The number of hydrogen-bond acceptors (Lipinski definition) is 8. The molecule has 1 heterocycles. The van der Waals surface area contributed by atoms with Gasteiger partial charge in [-0.05, 0) is 67.7 Å². The minimum absolute atomic E-state index is 0.0264. The number of methoxy groups -OCH3 is 2. The lowest BCUT2D eigenvalue weighted by Gasteiger charge is -2.43. The molecular weight excluding hydrogens is 593 g/mol. The summed E-state index contributed by atoms with van der Waals surface area (Å²) >= 11 is 0. The van der Waals surface area contributed by atoms with Crippen LogP contribution in [-0.2, 0) is 23.1 Å². The van der Waals surface area contributed by atoms with Crippen LogP contribution in [0.3, 0.4) is 0 Å². The van der Waals surface area contributed by atoms with E-state index in [0.717, 1.165) is 31.0 Å². The summed E-state index contributed by atoms with van der Waals surface area (Å²) in [4.78, 5) is 13.6. The second-order valence-electron chi connectivity index (χ2n) is 13.1. The first-order valence-electron chi connectivity index (χ1n) is 16.1. The Hall–Kier alpha value is -1.96. The number of carbonyl (C=O) groups is 1. The van der Waals surface area contributed by atoms with Gasteiger partial charge in [-0.1, -0.05) is 65.8 Å². The van der Waals surface area contributed by atoms with E-state index in [-0.39, 0.29) is 36.9 Å². The molecule has 1 unspecified atom stereocenters. The number of fused-ring (bicyclic) bond motifs is 1. The van der Waals surface area contributed by atoms with Crippen LogP contribution < -0.4 is 9.47 Å². The Morgan fingerprint density at radius 2 is 1.57 bits per heavy atom. The van der Waals surface area contributed by atoms with Crippen LogP contribution in [0.5, 0.6) is 11.5 Å². The summed E-state index contributed by atoms with van der Waals surface area (Å²) in [6.45, 7) is 20.1. The zero-order valence-electron chi connectivity index (χ0n) is 29.1. The quantitative estimate of drug-likeness (QED) is 0.0907. The lowest BCUT2D eigenvalue weighted by Crippen LogP contribution is -2.50. The molecule has 0 N–H and O–H groups in total. The van der Waals surface area contributed by atoms with Crippen molar-refractivity contribution < 1.29 is 37.3 Å². The van der Waals surface area contributed by atoms with Crippen LogP contribution in [0, 0.1) is 0 Å². The Morgan fingerprint density at radius 3 is 2.16 bits per heavy atom. The molecule has 2 rings (SSSR count). The Morgan fingerprint density at radius 1 is 0.932 bits per heavy atom. The average Bonchev–Trinajstić information content (AvgIpc) is 2.97. The zero-order chi connectivity index (χ0) is 33.0. The van der Waals surface area contributed by atoms with Crippen LogP contribution >= 0.6 is 0 Å². The second-order valence-corrected chi connectivity index (χ2v) is 22.6. The predicted octanol–water partition coefficient (Wildman–Crippen LogP) is 8.73. The zero-order valence-corrected chi connectivity index (χ0v) is 31.1. The fourth-order valence-corrected chi connectivity index (χ4v) is 9.12. The van der Waals surface area contributed by atoms with Crippen molar-refractivity contribution >= 4 is 28.7 Å². The van der Waals surface area contributed by atoms with E-state index in [9.17, 15) is 4.79 Å². The first kappa shape index (κ1) is 38.2. The fraction of sp³-hybridized carbons (Fsp3) is 0.676. The summed E-state index contributed by atoms with van der Waals surface area (Å²) in [6.07, 6.45) is 9.68. The molecule has 0 saturated heterocycles. The Kier molecular flexibility index (Phi) is 15.3. The van der Waals surface area contributed by atoms with E-state index in [1.54, 1.807) is 19.2 Å². The SMILES string of the molecule is CC[Si](CC)(CC)OC1/C=C/C[C@H](C)OC(=O)c2c(cc(OCOC)cc2OCOC)/C=C/CC[C@@H]1O[Si](C)(C)C(C)(C)C. The number of hydrogen-bond donors (Lipinski definition) is 0. The minimum Gasteiger partial charge on any atom is -0.467 e. The fourth-order valence-electron chi connectivity index (χ4n) is 4.95. The largest absolute Gasteiger partial charge is 0.467 e. The Balaban J connectivity index is 2.62. The summed E-state index contributed by atoms with van der Waals surface area (Å²) in [5, 5.41) is 0.0594. The molecule has 0 aliphatic carbocycles. The Bertz CT molecular complexity index is 1080. The van der Waals surface area contributed by atoms with Crippen LogP contribution in [0.4, 0.5) is 0 Å². The lowest BCUT2D eigenvalue weighted by molar-refractivity contribution is 0.0308. The molecule has 10 heteroatoms. The van der Waals surface area contributed by atoms with Crippen molar-refractivity contribution in [3.8, 4) is 11.5 Å². The summed E-state index contributed by atoms with van der Waals surface area (Å²) in [7, 11) is -0.982. The van der Waals surface area contributed by atoms with Gasteiger partial charge in [0.15, 0.2) is 30.2 Å². The molecule has 0 bridgehead atoms. The van der Waals surface area contributed by atoms with Gasteiger partial charge in [-0.15, -0.1) is 0 Å². The van der Waals surface area contributed by atoms with Gasteiger partial charge < -0.3 is 32.5 Å². The number of rotatable bonds is 13. The topological polar surface area (TPSA) is 81.7 Å². The van der Waals surface area contributed by atoms with Gasteiger partial charge in [0.2, 0.25) is 0 Å². The highest BCUT2D eigenvalue weighted by Crippen LogP contribution is 2.39. The molecule has 44 heavy (non-hydrogen) atoms. The third-order valence-corrected chi connectivity index (χ3v) is 18.1. The van der Waals surface area contributed by atoms with Gasteiger partial charge in [-0.3, -0.25) is 0 Å². The molecule has 0 spiro atoms. The number of cyclic esters (lactones) is 1. The Labute approximate surface area is 268 Å². The van der Waals surface area contributed by atoms with E-state index in [4.69, 9.17) is 32.5 Å². The molecule has 0 aromatic heterocycles. The number of ether oxygens (including phenoxy) is 5. The van der Waals surface area contributed by atoms with Crippen LogP contribution in [0.2, 0.25) is 36.3 Å². The normalized spacial score (nSPS) is 22.0. The van der Waals surface area contributed by atoms with Crippen molar-refractivity contribution in [1.29, 1.82) is 0 Å². The number of allylic oxidation sites excluding steroid dienone is 1. The molecule has 0 fully saturated rings. The van der Waals surface area contributed by atoms with Gasteiger partial charge in [-0.25, -0.2) is 4.79 Å². The third kappa shape index (κ3) is 10.8. The molecule has 250 valence electrons. The van der Waals surface area contributed by atoms with E-state index in [1.165, 1.54) is 7.11 Å². The van der Waals surface area contributed by atoms with Crippen molar-refractivity contribution in [1.82, 2.24) is 0 Å². The monoisotopic (exact) mass is 650 g/mol. The number of carbonyl (C=O) groups excluding carboxylic acids is 1. The van der Waals surface area contributed by atoms with Gasteiger partial charge in [0, 0.05) is 26.7 Å².